The van der Waals surface area contributed by atoms with Gasteiger partial charge in [0.1, 0.15) is 0 Å². The lowest BCUT2D eigenvalue weighted by molar-refractivity contribution is 0.551. The first-order valence-electron chi connectivity index (χ1n) is 9.52. The van der Waals surface area contributed by atoms with Gasteiger partial charge in [0.15, 0.2) is 0 Å². The second-order valence-corrected chi connectivity index (χ2v) is 6.53. The zero-order valence-electron chi connectivity index (χ0n) is 15.9. The van der Waals surface area contributed by atoms with Crippen LogP contribution in [-0.2, 0) is 6.54 Å². The van der Waals surface area contributed by atoms with Crippen LogP contribution in [0.4, 0.5) is 5.69 Å². The third-order valence-corrected chi connectivity index (χ3v) is 4.72. The summed E-state index contributed by atoms with van der Waals surface area (Å²) >= 11 is 0. The van der Waals surface area contributed by atoms with Crippen LogP contribution in [0.5, 0.6) is 0 Å². The molecule has 1 unspecified atom stereocenters. The van der Waals surface area contributed by atoms with E-state index in [-0.39, 0.29) is 0 Å². The highest BCUT2D eigenvalue weighted by Gasteiger charge is 2.22. The highest BCUT2D eigenvalue weighted by atomic mass is 15.2. The average molecular weight is 348 g/mol. The molecule has 26 heavy (non-hydrogen) atoms. The lowest BCUT2D eigenvalue weighted by atomic mass is 10.1. The van der Waals surface area contributed by atoms with Crippen molar-refractivity contribution in [2.24, 2.45) is 0 Å². The number of benzene rings is 2. The summed E-state index contributed by atoms with van der Waals surface area (Å²) in [5, 5.41) is 3.68. The maximum atomic E-state index is 4.41. The van der Waals surface area contributed by atoms with Crippen LogP contribution in [0.1, 0.15) is 31.4 Å². The topological polar surface area (TPSA) is 41.0 Å². The van der Waals surface area contributed by atoms with Crippen molar-refractivity contribution in [2.75, 3.05) is 18.0 Å². The molecule has 0 aliphatic carbocycles. The van der Waals surface area contributed by atoms with E-state index in [0.717, 1.165) is 30.7 Å². The molecule has 1 aliphatic rings. The molecule has 3 aromatic rings. The van der Waals surface area contributed by atoms with Gasteiger partial charge in [0, 0.05) is 43.8 Å². The van der Waals surface area contributed by atoms with Crippen molar-refractivity contribution < 1.29 is 0 Å². The number of fused-ring (bicyclic) bond motifs is 1. The van der Waals surface area contributed by atoms with Crippen molar-refractivity contribution in [3.63, 3.8) is 0 Å². The maximum Gasteiger partial charge on any atom is 0.0907 e. The second-order valence-electron chi connectivity index (χ2n) is 6.53. The molecule has 1 N–H and O–H groups in total. The molecule has 0 saturated carbocycles. The van der Waals surface area contributed by atoms with E-state index in [1.807, 2.05) is 13.8 Å². The molecule has 1 saturated heterocycles. The van der Waals surface area contributed by atoms with Gasteiger partial charge in [0.05, 0.1) is 11.0 Å². The molecule has 2 heterocycles. The Morgan fingerprint density at radius 2 is 1.73 bits per heavy atom. The Hall–Kier alpha value is -2.46. The van der Waals surface area contributed by atoms with Gasteiger partial charge in [-0.3, -0.25) is 9.97 Å². The predicted octanol–water partition coefficient (Wildman–Crippen LogP) is 4.33. The Labute approximate surface area is 156 Å². The van der Waals surface area contributed by atoms with E-state index in [1.165, 1.54) is 23.2 Å². The first kappa shape index (κ1) is 18.3. The Bertz CT molecular complexity index is 829. The van der Waals surface area contributed by atoms with E-state index in [2.05, 4.69) is 69.6 Å². The standard InChI is InChI=1S/C20H22N4.C2H6/c1-15-2-4-16(5-3-15)13-23-17-8-11-24(14-17)18-6-7-19-20(12-18)22-10-9-21-19;1-2/h2-7,9-10,12,17,23H,8,11,13-14H2,1H3;1-2H3. The van der Waals surface area contributed by atoms with Gasteiger partial charge in [-0.25, -0.2) is 0 Å². The van der Waals surface area contributed by atoms with Crippen LogP contribution in [0.15, 0.2) is 54.9 Å². The fourth-order valence-corrected chi connectivity index (χ4v) is 3.28. The van der Waals surface area contributed by atoms with Crippen LogP contribution in [-0.4, -0.2) is 29.1 Å². The highest BCUT2D eigenvalue weighted by molar-refractivity contribution is 5.78. The SMILES string of the molecule is CC.Cc1ccc(CNC2CCN(c3ccc4nccnc4c3)C2)cc1. The fraction of sp³-hybridized carbons (Fsp3) is 0.364. The number of aromatic nitrogens is 2. The van der Waals surface area contributed by atoms with Crippen molar-refractivity contribution in [1.82, 2.24) is 15.3 Å². The van der Waals surface area contributed by atoms with Crippen molar-refractivity contribution >= 4 is 16.7 Å². The van der Waals surface area contributed by atoms with Crippen molar-refractivity contribution in [2.45, 2.75) is 39.8 Å². The number of hydrogen-bond donors (Lipinski definition) is 1. The lowest BCUT2D eigenvalue weighted by Gasteiger charge is -2.19. The first-order valence-corrected chi connectivity index (χ1v) is 9.52. The van der Waals surface area contributed by atoms with Crippen LogP contribution in [0.25, 0.3) is 11.0 Å². The minimum Gasteiger partial charge on any atom is -0.370 e. The molecule has 1 atom stereocenters. The Balaban J connectivity index is 0.000000948. The van der Waals surface area contributed by atoms with Gasteiger partial charge in [-0.1, -0.05) is 43.7 Å². The number of anilines is 1. The zero-order valence-corrected chi connectivity index (χ0v) is 15.9. The van der Waals surface area contributed by atoms with Gasteiger partial charge < -0.3 is 10.2 Å². The van der Waals surface area contributed by atoms with Crippen molar-refractivity contribution in [3.05, 3.63) is 66.0 Å². The molecule has 4 rings (SSSR count). The van der Waals surface area contributed by atoms with Gasteiger partial charge in [-0.05, 0) is 37.1 Å². The van der Waals surface area contributed by atoms with Crippen LogP contribution < -0.4 is 10.2 Å². The van der Waals surface area contributed by atoms with Gasteiger partial charge in [0.25, 0.3) is 0 Å². The van der Waals surface area contributed by atoms with E-state index in [9.17, 15) is 0 Å². The summed E-state index contributed by atoms with van der Waals surface area (Å²) in [5.41, 5.74) is 5.81. The Morgan fingerprint density at radius 1 is 1.00 bits per heavy atom. The normalized spacial score (nSPS) is 16.4. The summed E-state index contributed by atoms with van der Waals surface area (Å²) in [6.45, 7) is 9.18. The number of aryl methyl sites for hydroxylation is 1. The molecule has 1 aliphatic heterocycles. The van der Waals surface area contributed by atoms with Gasteiger partial charge in [0.2, 0.25) is 0 Å². The molecular formula is C22H28N4. The zero-order chi connectivity index (χ0) is 18.4. The van der Waals surface area contributed by atoms with Crippen molar-refractivity contribution in [3.8, 4) is 0 Å². The quantitative estimate of drug-likeness (QED) is 0.762. The average Bonchev–Trinajstić information content (AvgIpc) is 3.18. The molecule has 0 amide bonds. The number of nitrogens with one attached hydrogen (secondary N) is 1. The Kier molecular flexibility index (Phi) is 6.18. The molecule has 1 fully saturated rings. The largest absolute Gasteiger partial charge is 0.370 e. The van der Waals surface area contributed by atoms with E-state index in [1.54, 1.807) is 12.4 Å². The molecule has 0 bridgehead atoms. The number of rotatable bonds is 4. The lowest BCUT2D eigenvalue weighted by Crippen LogP contribution is -2.32. The van der Waals surface area contributed by atoms with E-state index in [4.69, 9.17) is 0 Å². The predicted molar refractivity (Wildman–Crippen MR) is 110 cm³/mol. The molecule has 136 valence electrons. The third kappa shape index (κ3) is 4.38. The van der Waals surface area contributed by atoms with Gasteiger partial charge >= 0.3 is 0 Å². The van der Waals surface area contributed by atoms with E-state index in [0.29, 0.717) is 6.04 Å². The number of nitrogens with zero attached hydrogens (tertiary/aromatic N) is 3. The summed E-state index contributed by atoms with van der Waals surface area (Å²) in [4.78, 5) is 11.2. The smallest absolute Gasteiger partial charge is 0.0907 e. The summed E-state index contributed by atoms with van der Waals surface area (Å²) in [6, 6.07) is 15.6. The minimum atomic E-state index is 0.531. The van der Waals surface area contributed by atoms with Gasteiger partial charge in [-0.15, -0.1) is 0 Å². The highest BCUT2D eigenvalue weighted by Crippen LogP contribution is 2.23. The number of hydrogen-bond acceptors (Lipinski definition) is 4. The van der Waals surface area contributed by atoms with Crippen LogP contribution in [0.3, 0.4) is 0 Å². The molecule has 4 heteroatoms. The monoisotopic (exact) mass is 348 g/mol. The van der Waals surface area contributed by atoms with Gasteiger partial charge in [-0.2, -0.15) is 0 Å². The minimum absolute atomic E-state index is 0.531. The molecule has 0 radical (unpaired) electrons. The summed E-state index contributed by atoms with van der Waals surface area (Å²) in [7, 11) is 0. The third-order valence-electron chi connectivity index (χ3n) is 4.72. The van der Waals surface area contributed by atoms with Crippen molar-refractivity contribution in [1.29, 1.82) is 0 Å². The summed E-state index contributed by atoms with van der Waals surface area (Å²) < 4.78 is 0. The van der Waals surface area contributed by atoms with Crippen LogP contribution >= 0.6 is 0 Å². The molecule has 2 aromatic carbocycles. The summed E-state index contributed by atoms with van der Waals surface area (Å²) in [5.74, 6) is 0. The molecule has 0 spiro atoms. The fourth-order valence-electron chi connectivity index (χ4n) is 3.28. The van der Waals surface area contributed by atoms with Crippen LogP contribution in [0.2, 0.25) is 0 Å². The first-order chi connectivity index (χ1) is 12.8. The second kappa shape index (κ2) is 8.77. The maximum absolute atomic E-state index is 4.41. The van der Waals surface area contributed by atoms with E-state index >= 15 is 0 Å². The molecule has 1 aromatic heterocycles. The molecule has 4 nitrogen and oxygen atoms in total. The van der Waals surface area contributed by atoms with E-state index < -0.39 is 0 Å². The summed E-state index contributed by atoms with van der Waals surface area (Å²) in [6.07, 6.45) is 4.66. The molecular weight excluding hydrogens is 320 g/mol. The van der Waals surface area contributed by atoms with Crippen LogP contribution in [0, 0.1) is 6.92 Å². The Morgan fingerprint density at radius 3 is 2.50 bits per heavy atom.